The zero-order chi connectivity index (χ0) is 15.6. The number of nitrogens with zero attached hydrogens (tertiary/aromatic N) is 1. The normalized spacial score (nSPS) is 10.7. The first-order valence-corrected chi connectivity index (χ1v) is 6.18. The molecule has 0 aliphatic carbocycles. The highest BCUT2D eigenvalue weighted by Crippen LogP contribution is 2.12. The number of carbonyl (C=O) groups excluding carboxylic acids is 1. The van der Waals surface area contributed by atoms with Gasteiger partial charge in [0.1, 0.15) is 0 Å². The number of nitrogens with one attached hydrogen (secondary N) is 1. The maximum Gasteiger partial charge on any atom is 0.335 e. The molecule has 0 saturated carbocycles. The smallest absolute Gasteiger partial charge is 0.335 e. The summed E-state index contributed by atoms with van der Waals surface area (Å²) < 4.78 is 1.21. The predicted octanol–water partition coefficient (Wildman–Crippen LogP) is -0.347. The largest absolute Gasteiger partial charge is 0.478 e. The number of carbonyl (C=O) groups is 2. The number of rotatable bonds is 5. The average molecular weight is 291 g/mol. The van der Waals surface area contributed by atoms with Crippen LogP contribution in [0.3, 0.4) is 0 Å². The van der Waals surface area contributed by atoms with Gasteiger partial charge >= 0.3 is 17.1 Å². The Morgan fingerprint density at radius 3 is 2.62 bits per heavy atom. The van der Waals surface area contributed by atoms with Crippen LogP contribution in [0.25, 0.3) is 11.0 Å². The number of benzene rings is 1. The lowest BCUT2D eigenvalue weighted by molar-refractivity contribution is -0.118. The minimum atomic E-state index is -1.13. The van der Waals surface area contributed by atoms with Gasteiger partial charge in [-0.1, -0.05) is 0 Å². The number of carboxylic acids is 1. The maximum atomic E-state index is 11.9. The van der Waals surface area contributed by atoms with Gasteiger partial charge in [-0.15, -0.1) is 0 Å². The Balaban J connectivity index is 2.54. The summed E-state index contributed by atoms with van der Waals surface area (Å²) >= 11 is 0. The number of aromatic nitrogens is 2. The van der Waals surface area contributed by atoms with Crippen LogP contribution in [0.1, 0.15) is 23.2 Å². The summed E-state index contributed by atoms with van der Waals surface area (Å²) in [6.07, 6.45) is 0.405. The summed E-state index contributed by atoms with van der Waals surface area (Å²) in [5.41, 5.74) is 4.08. The first-order valence-electron chi connectivity index (χ1n) is 6.18. The Hall–Kier alpha value is -2.90. The van der Waals surface area contributed by atoms with Gasteiger partial charge in [-0.25, -0.2) is 4.79 Å². The van der Waals surface area contributed by atoms with Crippen molar-refractivity contribution in [2.75, 3.05) is 0 Å². The molecule has 0 unspecified atom stereocenters. The number of aromatic amines is 1. The molecule has 2 aromatic rings. The molecule has 0 fully saturated rings. The van der Waals surface area contributed by atoms with Crippen molar-refractivity contribution in [3.63, 3.8) is 0 Å². The van der Waals surface area contributed by atoms with Gasteiger partial charge in [-0.05, 0) is 24.6 Å². The van der Waals surface area contributed by atoms with E-state index in [1.54, 1.807) is 0 Å². The molecule has 0 spiro atoms. The molecule has 4 N–H and O–H groups in total. The second-order valence-corrected chi connectivity index (χ2v) is 4.52. The molecule has 1 aromatic heterocycles. The van der Waals surface area contributed by atoms with E-state index < -0.39 is 23.0 Å². The van der Waals surface area contributed by atoms with Crippen molar-refractivity contribution in [2.45, 2.75) is 19.4 Å². The fraction of sp³-hybridized carbons (Fsp3) is 0.231. The van der Waals surface area contributed by atoms with Crippen LogP contribution in [0.4, 0.5) is 0 Å². The fourth-order valence-corrected chi connectivity index (χ4v) is 2.05. The Morgan fingerprint density at radius 2 is 2.00 bits per heavy atom. The highest BCUT2D eigenvalue weighted by Gasteiger charge is 2.10. The third-order valence-corrected chi connectivity index (χ3v) is 3.03. The minimum absolute atomic E-state index is 0.000449. The van der Waals surface area contributed by atoms with Crippen molar-refractivity contribution in [2.24, 2.45) is 5.73 Å². The summed E-state index contributed by atoms with van der Waals surface area (Å²) in [5.74, 6) is -1.63. The predicted molar refractivity (Wildman–Crippen MR) is 74.2 cm³/mol. The van der Waals surface area contributed by atoms with Gasteiger partial charge in [0, 0.05) is 13.0 Å². The fourth-order valence-electron chi connectivity index (χ4n) is 2.05. The molecule has 2 rings (SSSR count). The second-order valence-electron chi connectivity index (χ2n) is 4.52. The van der Waals surface area contributed by atoms with E-state index in [2.05, 4.69) is 4.98 Å². The van der Waals surface area contributed by atoms with Gasteiger partial charge in [0.2, 0.25) is 5.91 Å². The van der Waals surface area contributed by atoms with Gasteiger partial charge in [0.15, 0.2) is 0 Å². The van der Waals surface area contributed by atoms with E-state index in [0.29, 0.717) is 11.9 Å². The number of hydrogen-bond acceptors (Lipinski definition) is 4. The Morgan fingerprint density at radius 1 is 1.29 bits per heavy atom. The van der Waals surface area contributed by atoms with Crippen LogP contribution < -0.4 is 16.9 Å². The molecule has 110 valence electrons. The number of H-pyrrole nitrogens is 1. The Bertz CT molecular complexity index is 834. The molecule has 1 amide bonds. The van der Waals surface area contributed by atoms with E-state index in [0.717, 1.165) is 0 Å². The minimum Gasteiger partial charge on any atom is -0.478 e. The lowest BCUT2D eigenvalue weighted by atomic mass is 10.2. The quantitative estimate of drug-likeness (QED) is 0.647. The van der Waals surface area contributed by atoms with Crippen LogP contribution in [0.2, 0.25) is 0 Å². The van der Waals surface area contributed by atoms with Gasteiger partial charge in [0.25, 0.3) is 0 Å². The number of carboxylic acid groups (broad SMARTS) is 1. The van der Waals surface area contributed by atoms with Crippen molar-refractivity contribution >= 4 is 22.9 Å². The molecule has 21 heavy (non-hydrogen) atoms. The highest BCUT2D eigenvalue weighted by molar-refractivity contribution is 5.92. The van der Waals surface area contributed by atoms with Crippen molar-refractivity contribution in [3.05, 3.63) is 44.5 Å². The van der Waals surface area contributed by atoms with Crippen molar-refractivity contribution in [3.8, 4) is 0 Å². The number of hydrogen-bond donors (Lipinski definition) is 3. The monoisotopic (exact) mass is 291 g/mol. The highest BCUT2D eigenvalue weighted by atomic mass is 16.4. The lowest BCUT2D eigenvalue weighted by Crippen LogP contribution is -2.36. The number of nitrogens with two attached hydrogens (primary N) is 1. The summed E-state index contributed by atoms with van der Waals surface area (Å²) in [5, 5.41) is 8.93. The summed E-state index contributed by atoms with van der Waals surface area (Å²) in [4.78, 5) is 47.5. The van der Waals surface area contributed by atoms with Gasteiger partial charge in [-0.2, -0.15) is 0 Å². The molecule has 8 heteroatoms. The summed E-state index contributed by atoms with van der Waals surface area (Å²) in [6, 6.07) is 4.07. The molecule has 0 radical (unpaired) electrons. The Kier molecular flexibility index (Phi) is 3.88. The average Bonchev–Trinajstić information content (AvgIpc) is 2.42. The second kappa shape index (κ2) is 5.61. The zero-order valence-electron chi connectivity index (χ0n) is 11.0. The molecule has 0 saturated heterocycles. The maximum absolute atomic E-state index is 11.9. The molecular formula is C13H13N3O5. The molecule has 0 atom stereocenters. The first-order chi connectivity index (χ1) is 9.90. The van der Waals surface area contributed by atoms with Crippen LogP contribution in [-0.4, -0.2) is 26.5 Å². The lowest BCUT2D eigenvalue weighted by Gasteiger charge is -2.09. The molecule has 0 bridgehead atoms. The number of primary amides is 1. The number of amides is 1. The number of aryl methyl sites for hydroxylation is 1. The third kappa shape index (κ3) is 2.99. The number of aromatic carboxylic acids is 1. The third-order valence-electron chi connectivity index (χ3n) is 3.03. The Labute approximate surface area is 117 Å². The van der Waals surface area contributed by atoms with Gasteiger partial charge in [0.05, 0.1) is 16.6 Å². The van der Waals surface area contributed by atoms with Gasteiger partial charge in [-0.3, -0.25) is 14.4 Å². The van der Waals surface area contributed by atoms with Crippen molar-refractivity contribution < 1.29 is 14.7 Å². The van der Waals surface area contributed by atoms with E-state index in [4.69, 9.17) is 10.8 Å². The van der Waals surface area contributed by atoms with Crippen LogP contribution in [0, 0.1) is 0 Å². The van der Waals surface area contributed by atoms with E-state index in [1.165, 1.54) is 22.8 Å². The molecule has 0 aliphatic rings. The van der Waals surface area contributed by atoms with E-state index in [9.17, 15) is 19.2 Å². The van der Waals surface area contributed by atoms with Gasteiger partial charge < -0.3 is 20.4 Å². The number of fused-ring (bicyclic) bond motifs is 1. The van der Waals surface area contributed by atoms with Crippen LogP contribution >= 0.6 is 0 Å². The van der Waals surface area contributed by atoms with Crippen molar-refractivity contribution in [1.29, 1.82) is 0 Å². The van der Waals surface area contributed by atoms with Crippen molar-refractivity contribution in [1.82, 2.24) is 9.55 Å². The molecule has 1 heterocycles. The standard InChI is InChI=1S/C13H13N3O5/c14-10(17)2-1-5-16-9-4-3-7(13(20)21)6-8(9)15-11(18)12(16)19/h3-4,6H,1-2,5H2,(H2,14,17)(H,15,18)(H,20,21). The van der Waals surface area contributed by atoms with Crippen LogP contribution in [-0.2, 0) is 11.3 Å². The SMILES string of the molecule is NC(=O)CCCn1c(=O)c(=O)[nH]c2cc(C(=O)O)ccc21. The van der Waals surface area contributed by atoms with E-state index in [-0.39, 0.29) is 24.0 Å². The molecular weight excluding hydrogens is 278 g/mol. The molecule has 8 nitrogen and oxygen atoms in total. The van der Waals surface area contributed by atoms with Crippen LogP contribution in [0.15, 0.2) is 27.8 Å². The summed E-state index contributed by atoms with van der Waals surface area (Å²) in [7, 11) is 0. The molecule has 0 aliphatic heterocycles. The zero-order valence-corrected chi connectivity index (χ0v) is 11.0. The topological polar surface area (TPSA) is 135 Å². The van der Waals surface area contributed by atoms with Crippen LogP contribution in [0.5, 0.6) is 0 Å². The first kappa shape index (κ1) is 14.5. The molecule has 1 aromatic carbocycles. The van der Waals surface area contributed by atoms with E-state index >= 15 is 0 Å². The van der Waals surface area contributed by atoms with E-state index in [1.807, 2.05) is 0 Å². The summed E-state index contributed by atoms with van der Waals surface area (Å²) in [6.45, 7) is 0.147.